The van der Waals surface area contributed by atoms with Crippen molar-refractivity contribution in [3.63, 3.8) is 0 Å². The molecule has 3 fully saturated rings. The fraction of sp³-hybridized carbons (Fsp3) is 0.231. The van der Waals surface area contributed by atoms with Crippen molar-refractivity contribution < 1.29 is 14.4 Å². The largest absolute Gasteiger partial charge is 0.273 e. The van der Waals surface area contributed by atoms with Crippen molar-refractivity contribution in [3.8, 4) is 0 Å². The highest BCUT2D eigenvalue weighted by Crippen LogP contribution is 2.70. The Labute approximate surface area is 222 Å². The van der Waals surface area contributed by atoms with Crippen LogP contribution in [0.5, 0.6) is 0 Å². The molecule has 0 spiro atoms. The van der Waals surface area contributed by atoms with E-state index in [2.05, 4.69) is 0 Å². The first-order valence-corrected chi connectivity index (χ1v) is 12.5. The normalized spacial score (nSPS) is 29.0. The van der Waals surface area contributed by atoms with Gasteiger partial charge in [0.15, 0.2) is 6.10 Å². The first-order valence-electron chi connectivity index (χ1n) is 11.0. The summed E-state index contributed by atoms with van der Waals surface area (Å²) in [6.07, 6.45) is -0.624. The number of benzene rings is 3. The van der Waals surface area contributed by atoms with Crippen molar-refractivity contribution in [3.05, 3.63) is 94.5 Å². The number of rotatable bonds is 4. The highest BCUT2D eigenvalue weighted by Gasteiger charge is 2.78. The number of imide groups is 1. The van der Waals surface area contributed by atoms with Gasteiger partial charge in [0.05, 0.1) is 22.8 Å². The Morgan fingerprint density at radius 1 is 0.771 bits per heavy atom. The molecule has 1 saturated carbocycles. The number of halogens is 4. The minimum atomic E-state index is -1.15. The lowest BCUT2D eigenvalue weighted by molar-refractivity contribution is -0.126. The molecule has 3 aromatic carbocycles. The van der Waals surface area contributed by atoms with Crippen molar-refractivity contribution in [1.82, 2.24) is 0 Å². The van der Waals surface area contributed by atoms with Crippen LogP contribution in [-0.4, -0.2) is 28.3 Å². The van der Waals surface area contributed by atoms with Crippen LogP contribution < -0.4 is 9.96 Å². The van der Waals surface area contributed by atoms with Crippen molar-refractivity contribution in [2.45, 2.75) is 28.3 Å². The van der Waals surface area contributed by atoms with Gasteiger partial charge in [-0.15, -0.1) is 23.2 Å². The van der Waals surface area contributed by atoms with E-state index in [9.17, 15) is 9.59 Å². The number of hydroxylamine groups is 1. The summed E-state index contributed by atoms with van der Waals surface area (Å²) in [6, 6.07) is 22.5. The van der Waals surface area contributed by atoms with Gasteiger partial charge in [-0.1, -0.05) is 53.5 Å². The van der Waals surface area contributed by atoms with Crippen LogP contribution in [0.15, 0.2) is 78.9 Å². The van der Waals surface area contributed by atoms with Gasteiger partial charge in [0, 0.05) is 10.0 Å². The summed E-state index contributed by atoms with van der Waals surface area (Å²) in [7, 11) is 0. The zero-order chi connectivity index (χ0) is 24.5. The van der Waals surface area contributed by atoms with Crippen molar-refractivity contribution in [2.75, 3.05) is 9.96 Å². The van der Waals surface area contributed by atoms with Crippen LogP contribution in [0.2, 0.25) is 10.0 Å². The quantitative estimate of drug-likeness (QED) is 0.289. The number of hydrogen-bond donors (Lipinski definition) is 0. The van der Waals surface area contributed by atoms with Crippen LogP contribution in [0.3, 0.4) is 0 Å². The summed E-state index contributed by atoms with van der Waals surface area (Å²) in [5.74, 6) is -1.63. The maximum absolute atomic E-state index is 13.9. The number of fused-ring (bicyclic) bond motifs is 1. The fourth-order valence-corrected chi connectivity index (χ4v) is 6.54. The van der Waals surface area contributed by atoms with Gasteiger partial charge in [0.2, 0.25) is 5.91 Å². The van der Waals surface area contributed by atoms with E-state index >= 15 is 0 Å². The number of anilines is 2. The number of alkyl halides is 2. The summed E-state index contributed by atoms with van der Waals surface area (Å²) < 4.78 is -1.15. The molecule has 4 atom stereocenters. The molecule has 2 aliphatic heterocycles. The van der Waals surface area contributed by atoms with Gasteiger partial charge < -0.3 is 0 Å². The molecule has 4 unspecified atom stereocenters. The summed E-state index contributed by atoms with van der Waals surface area (Å²) >= 11 is 25.8. The van der Waals surface area contributed by atoms with Gasteiger partial charge in [-0.2, -0.15) is 0 Å². The van der Waals surface area contributed by atoms with Crippen LogP contribution >= 0.6 is 46.4 Å². The standard InChI is InChI=1S/C26H18Cl4N2O3/c27-16-6-10-18(11-7-16)31-23(33)20-21(24(31)34)35-32(19-12-8-17(28)9-13-19)22(20)25(14-26(25,29)30)15-4-2-1-3-5-15/h1-13,20-22H,14H2. The first kappa shape index (κ1) is 23.1. The Bertz CT molecular complexity index is 1320. The lowest BCUT2D eigenvalue weighted by atomic mass is 9.79. The molecule has 35 heavy (non-hydrogen) atoms. The summed E-state index contributed by atoms with van der Waals surface area (Å²) in [4.78, 5) is 34.9. The average Bonchev–Trinajstić information content (AvgIpc) is 3.12. The monoisotopic (exact) mass is 546 g/mol. The molecule has 2 saturated heterocycles. The molecular weight excluding hydrogens is 530 g/mol. The molecule has 2 amide bonds. The summed E-state index contributed by atoms with van der Waals surface area (Å²) in [5, 5.41) is 2.69. The summed E-state index contributed by atoms with van der Waals surface area (Å²) in [6.45, 7) is 0. The first-order chi connectivity index (χ1) is 16.7. The third kappa shape index (κ3) is 3.40. The zero-order valence-corrected chi connectivity index (χ0v) is 21.1. The Balaban J connectivity index is 1.49. The Morgan fingerprint density at radius 3 is 1.86 bits per heavy atom. The lowest BCUT2D eigenvalue weighted by Crippen LogP contribution is -2.49. The van der Waals surface area contributed by atoms with Gasteiger partial charge in [0.25, 0.3) is 5.91 Å². The number of carbonyl (C=O) groups excluding carboxylic acids is 2. The number of carbonyl (C=O) groups is 2. The van der Waals surface area contributed by atoms with Crippen LogP contribution in [0, 0.1) is 5.92 Å². The van der Waals surface area contributed by atoms with Crippen LogP contribution in [0.4, 0.5) is 11.4 Å². The van der Waals surface area contributed by atoms with E-state index < -0.39 is 33.7 Å². The topological polar surface area (TPSA) is 49.9 Å². The molecule has 0 aromatic heterocycles. The molecule has 2 heterocycles. The van der Waals surface area contributed by atoms with Gasteiger partial charge in [-0.3, -0.25) is 14.4 Å². The molecule has 0 N–H and O–H groups in total. The molecule has 6 rings (SSSR count). The maximum atomic E-state index is 13.9. The van der Waals surface area contributed by atoms with Gasteiger partial charge in [-0.05, 0) is 60.5 Å². The van der Waals surface area contributed by atoms with E-state index in [4.69, 9.17) is 51.2 Å². The van der Waals surface area contributed by atoms with E-state index in [-0.39, 0.29) is 5.91 Å². The SMILES string of the molecule is O=C1C2ON(c3ccc(Cl)cc3)C(C3(c4ccccc4)CC3(Cl)Cl)C2C(=O)N1c1ccc(Cl)cc1. The van der Waals surface area contributed by atoms with Crippen molar-refractivity contribution in [1.29, 1.82) is 0 Å². The van der Waals surface area contributed by atoms with E-state index in [1.54, 1.807) is 53.6 Å². The minimum Gasteiger partial charge on any atom is -0.273 e. The molecule has 0 radical (unpaired) electrons. The maximum Gasteiger partial charge on any atom is 0.266 e. The molecule has 3 aromatic rings. The summed E-state index contributed by atoms with van der Waals surface area (Å²) in [5.41, 5.74) is 1.12. The smallest absolute Gasteiger partial charge is 0.266 e. The molecule has 5 nitrogen and oxygen atoms in total. The second-order valence-electron chi connectivity index (χ2n) is 9.01. The molecule has 0 bridgehead atoms. The second kappa shape index (κ2) is 8.12. The van der Waals surface area contributed by atoms with Gasteiger partial charge in [-0.25, -0.2) is 9.96 Å². The second-order valence-corrected chi connectivity index (χ2v) is 11.4. The third-order valence-corrected chi connectivity index (χ3v) is 8.55. The van der Waals surface area contributed by atoms with Crippen molar-refractivity contribution in [2.24, 2.45) is 5.92 Å². The third-order valence-electron chi connectivity index (χ3n) is 7.10. The van der Waals surface area contributed by atoms with Crippen LogP contribution in [-0.2, 0) is 19.8 Å². The minimum absolute atomic E-state index is 0.366. The Kier molecular flexibility index (Phi) is 5.37. The Hall–Kier alpha value is -2.28. The van der Waals surface area contributed by atoms with E-state index in [1.807, 2.05) is 30.3 Å². The van der Waals surface area contributed by atoms with E-state index in [1.165, 1.54) is 4.90 Å². The molecule has 3 aliphatic rings. The van der Waals surface area contributed by atoms with Crippen LogP contribution in [0.25, 0.3) is 0 Å². The predicted octanol–water partition coefficient (Wildman–Crippen LogP) is 6.19. The van der Waals surface area contributed by atoms with Gasteiger partial charge in [0.1, 0.15) is 10.3 Å². The predicted molar refractivity (Wildman–Crippen MR) is 137 cm³/mol. The van der Waals surface area contributed by atoms with Crippen LogP contribution in [0.1, 0.15) is 12.0 Å². The highest BCUT2D eigenvalue weighted by atomic mass is 35.5. The molecule has 1 aliphatic carbocycles. The number of amides is 2. The van der Waals surface area contributed by atoms with E-state index in [0.29, 0.717) is 27.8 Å². The molecule has 9 heteroatoms. The zero-order valence-electron chi connectivity index (χ0n) is 18.1. The molecular formula is C26H18Cl4N2O3. The van der Waals surface area contributed by atoms with Crippen molar-refractivity contribution >= 4 is 69.6 Å². The number of hydrogen-bond acceptors (Lipinski definition) is 4. The molecule has 178 valence electrons. The lowest BCUT2D eigenvalue weighted by Gasteiger charge is -2.35. The number of nitrogens with zero attached hydrogens (tertiary/aromatic N) is 2. The van der Waals surface area contributed by atoms with Gasteiger partial charge >= 0.3 is 0 Å². The highest BCUT2D eigenvalue weighted by molar-refractivity contribution is 6.52. The average molecular weight is 548 g/mol. The fourth-order valence-electron chi connectivity index (χ4n) is 5.42. The Morgan fingerprint density at radius 2 is 1.31 bits per heavy atom. The van der Waals surface area contributed by atoms with E-state index in [0.717, 1.165) is 5.56 Å².